The molecule has 0 spiro atoms. The fraction of sp³-hybridized carbons (Fsp3) is 0.571. The van der Waals surface area contributed by atoms with E-state index in [2.05, 4.69) is 15.9 Å². The monoisotopic (exact) mass is 350 g/mol. The molecule has 20 heavy (non-hydrogen) atoms. The highest BCUT2D eigenvalue weighted by Gasteiger charge is 2.37. The van der Waals surface area contributed by atoms with E-state index in [0.717, 1.165) is 22.9 Å². The highest BCUT2D eigenvalue weighted by molar-refractivity contribution is 9.10. The van der Waals surface area contributed by atoms with Gasteiger partial charge in [-0.2, -0.15) is 13.2 Å². The third-order valence-corrected chi connectivity index (χ3v) is 4.20. The smallest absolute Gasteiger partial charge is 0.324 e. The van der Waals surface area contributed by atoms with Crippen molar-refractivity contribution in [1.29, 1.82) is 0 Å². The van der Waals surface area contributed by atoms with Crippen LogP contribution in [-0.4, -0.2) is 30.2 Å². The van der Waals surface area contributed by atoms with Gasteiger partial charge in [-0.1, -0.05) is 34.1 Å². The highest BCUT2D eigenvalue weighted by Crippen LogP contribution is 2.31. The Morgan fingerprint density at radius 3 is 2.50 bits per heavy atom. The Morgan fingerprint density at radius 2 is 1.95 bits per heavy atom. The van der Waals surface area contributed by atoms with Crippen molar-refractivity contribution in [2.24, 2.45) is 5.73 Å². The standard InChI is InChI=1S/C14H18BrF3N2/c15-12-4-2-1-3-11(12)13(19)7-8-20(10-5-6-10)9-14(16,17)18/h1-4,10,13H,5-9,19H2. The van der Waals surface area contributed by atoms with Crippen LogP contribution < -0.4 is 5.73 Å². The Morgan fingerprint density at radius 1 is 1.30 bits per heavy atom. The van der Waals surface area contributed by atoms with E-state index < -0.39 is 12.7 Å². The highest BCUT2D eigenvalue weighted by atomic mass is 79.9. The Kier molecular flexibility index (Phi) is 5.09. The van der Waals surface area contributed by atoms with Crippen LogP contribution in [0.2, 0.25) is 0 Å². The molecular weight excluding hydrogens is 333 g/mol. The molecule has 1 fully saturated rings. The summed E-state index contributed by atoms with van der Waals surface area (Å²) in [6.45, 7) is -0.451. The third-order valence-electron chi connectivity index (χ3n) is 3.48. The molecule has 2 N–H and O–H groups in total. The summed E-state index contributed by atoms with van der Waals surface area (Å²) in [5.74, 6) is 0. The van der Waals surface area contributed by atoms with Gasteiger partial charge in [-0.15, -0.1) is 0 Å². The van der Waals surface area contributed by atoms with E-state index in [1.54, 1.807) is 0 Å². The molecule has 1 aliphatic rings. The summed E-state index contributed by atoms with van der Waals surface area (Å²) >= 11 is 3.42. The lowest BCUT2D eigenvalue weighted by molar-refractivity contribution is -0.147. The number of nitrogens with two attached hydrogens (primary N) is 1. The Labute approximate surface area is 125 Å². The zero-order valence-electron chi connectivity index (χ0n) is 11.0. The molecule has 1 unspecified atom stereocenters. The maximum absolute atomic E-state index is 12.5. The van der Waals surface area contributed by atoms with Crippen LogP contribution in [0.4, 0.5) is 13.2 Å². The van der Waals surface area contributed by atoms with Gasteiger partial charge in [0.15, 0.2) is 0 Å². The molecule has 2 nitrogen and oxygen atoms in total. The van der Waals surface area contributed by atoms with Gasteiger partial charge in [0, 0.05) is 23.1 Å². The summed E-state index contributed by atoms with van der Waals surface area (Å²) in [5, 5.41) is 0. The number of nitrogens with zero attached hydrogens (tertiary/aromatic N) is 1. The summed E-state index contributed by atoms with van der Waals surface area (Å²) in [6, 6.07) is 7.40. The molecular formula is C14H18BrF3N2. The summed E-state index contributed by atoms with van der Waals surface area (Å²) in [6.07, 6.45) is -1.89. The van der Waals surface area contributed by atoms with Crippen molar-refractivity contribution in [3.05, 3.63) is 34.3 Å². The van der Waals surface area contributed by atoms with Crippen molar-refractivity contribution in [3.63, 3.8) is 0 Å². The molecule has 2 rings (SSSR count). The van der Waals surface area contributed by atoms with E-state index in [1.807, 2.05) is 24.3 Å². The molecule has 6 heteroatoms. The average Bonchev–Trinajstić information content (AvgIpc) is 3.17. The molecule has 0 radical (unpaired) electrons. The molecule has 0 aromatic heterocycles. The molecule has 0 bridgehead atoms. The summed E-state index contributed by atoms with van der Waals surface area (Å²) in [5.41, 5.74) is 7.03. The van der Waals surface area contributed by atoms with E-state index in [-0.39, 0.29) is 12.1 Å². The first kappa shape index (κ1) is 15.8. The van der Waals surface area contributed by atoms with Crippen LogP contribution in [0, 0.1) is 0 Å². The molecule has 1 saturated carbocycles. The zero-order valence-corrected chi connectivity index (χ0v) is 12.6. The Bertz CT molecular complexity index is 446. The molecule has 1 atom stereocenters. The second kappa shape index (κ2) is 6.45. The molecule has 0 saturated heterocycles. The van der Waals surface area contributed by atoms with Gasteiger partial charge >= 0.3 is 6.18 Å². The van der Waals surface area contributed by atoms with Crippen LogP contribution in [0.1, 0.15) is 30.9 Å². The van der Waals surface area contributed by atoms with Crippen LogP contribution in [0.3, 0.4) is 0 Å². The number of halogens is 4. The number of benzene rings is 1. The normalized spacial score (nSPS) is 17.5. The van der Waals surface area contributed by atoms with Crippen molar-refractivity contribution < 1.29 is 13.2 Å². The number of alkyl halides is 3. The number of hydrogen-bond donors (Lipinski definition) is 1. The molecule has 1 aromatic carbocycles. The van der Waals surface area contributed by atoms with Crippen molar-refractivity contribution >= 4 is 15.9 Å². The second-order valence-corrected chi connectivity index (χ2v) is 6.09. The summed E-state index contributed by atoms with van der Waals surface area (Å²) in [4.78, 5) is 1.51. The van der Waals surface area contributed by atoms with Gasteiger partial charge in [-0.25, -0.2) is 0 Å². The minimum Gasteiger partial charge on any atom is -0.324 e. The molecule has 1 aromatic rings. The minimum absolute atomic E-state index is 0.0861. The fourth-order valence-corrected chi connectivity index (χ4v) is 2.88. The summed E-state index contributed by atoms with van der Waals surface area (Å²) in [7, 11) is 0. The second-order valence-electron chi connectivity index (χ2n) is 5.23. The van der Waals surface area contributed by atoms with Crippen LogP contribution >= 0.6 is 15.9 Å². The summed E-state index contributed by atoms with van der Waals surface area (Å²) < 4.78 is 38.5. The van der Waals surface area contributed by atoms with Crippen molar-refractivity contribution in [3.8, 4) is 0 Å². The maximum Gasteiger partial charge on any atom is 0.401 e. The lowest BCUT2D eigenvalue weighted by Crippen LogP contribution is -2.37. The lowest BCUT2D eigenvalue weighted by Gasteiger charge is -2.25. The van der Waals surface area contributed by atoms with Crippen LogP contribution in [0.5, 0.6) is 0 Å². The van der Waals surface area contributed by atoms with E-state index in [4.69, 9.17) is 5.73 Å². The quantitative estimate of drug-likeness (QED) is 0.843. The van der Waals surface area contributed by atoms with Crippen molar-refractivity contribution in [2.75, 3.05) is 13.1 Å². The minimum atomic E-state index is -4.14. The molecule has 1 aliphatic carbocycles. The zero-order chi connectivity index (χ0) is 14.8. The predicted octanol–water partition coefficient (Wildman–Crippen LogP) is 3.87. The average molecular weight is 351 g/mol. The van der Waals surface area contributed by atoms with E-state index in [1.165, 1.54) is 4.90 Å². The number of rotatable bonds is 6. The van der Waals surface area contributed by atoms with Crippen LogP contribution in [-0.2, 0) is 0 Å². The van der Waals surface area contributed by atoms with Gasteiger partial charge in [0.1, 0.15) is 0 Å². The van der Waals surface area contributed by atoms with E-state index in [9.17, 15) is 13.2 Å². The van der Waals surface area contributed by atoms with Gasteiger partial charge in [0.25, 0.3) is 0 Å². The predicted molar refractivity (Wildman–Crippen MR) is 76.3 cm³/mol. The first-order valence-electron chi connectivity index (χ1n) is 6.67. The molecule has 0 aliphatic heterocycles. The van der Waals surface area contributed by atoms with Gasteiger partial charge in [0.05, 0.1) is 6.54 Å². The van der Waals surface area contributed by atoms with Gasteiger partial charge in [-0.3, -0.25) is 4.90 Å². The fourth-order valence-electron chi connectivity index (χ4n) is 2.30. The molecule has 0 heterocycles. The Hall–Kier alpha value is -0.590. The Balaban J connectivity index is 1.91. The van der Waals surface area contributed by atoms with E-state index >= 15 is 0 Å². The van der Waals surface area contributed by atoms with Crippen LogP contribution in [0.15, 0.2) is 28.7 Å². The van der Waals surface area contributed by atoms with E-state index in [0.29, 0.717) is 13.0 Å². The third kappa shape index (κ3) is 4.75. The van der Waals surface area contributed by atoms with Crippen LogP contribution in [0.25, 0.3) is 0 Å². The van der Waals surface area contributed by atoms with Crippen molar-refractivity contribution in [1.82, 2.24) is 4.90 Å². The SMILES string of the molecule is NC(CCN(CC(F)(F)F)C1CC1)c1ccccc1Br. The first-order chi connectivity index (χ1) is 9.37. The number of hydrogen-bond acceptors (Lipinski definition) is 2. The van der Waals surface area contributed by atoms with Crippen molar-refractivity contribution in [2.45, 2.75) is 37.5 Å². The lowest BCUT2D eigenvalue weighted by atomic mass is 10.0. The molecule has 112 valence electrons. The van der Waals surface area contributed by atoms with Gasteiger partial charge < -0.3 is 5.73 Å². The van der Waals surface area contributed by atoms with Gasteiger partial charge in [-0.05, 0) is 30.9 Å². The topological polar surface area (TPSA) is 29.3 Å². The largest absolute Gasteiger partial charge is 0.401 e. The first-order valence-corrected chi connectivity index (χ1v) is 7.47. The van der Waals surface area contributed by atoms with Gasteiger partial charge in [0.2, 0.25) is 0 Å². The maximum atomic E-state index is 12.5. The molecule has 0 amide bonds.